The van der Waals surface area contributed by atoms with Crippen LogP contribution in [0.4, 0.5) is 11.4 Å². The SMILES string of the molecule is CC(=O)c1ccc(NC(=O)CSc2nc3ccc(N4C(=O)[C@H]5[C@H](C4=O)[C@H]4C=C[C@H]5C4)cc3s2)cc1. The molecule has 6 rings (SSSR count). The first-order valence-corrected chi connectivity index (χ1v) is 13.2. The number of fused-ring (bicyclic) bond motifs is 6. The van der Waals surface area contributed by atoms with Crippen molar-refractivity contribution in [2.75, 3.05) is 16.0 Å². The summed E-state index contributed by atoms with van der Waals surface area (Å²) in [4.78, 5) is 55.9. The average Bonchev–Trinajstić information content (AvgIpc) is 3.60. The molecular weight excluding hydrogens is 482 g/mol. The number of amides is 3. The number of benzene rings is 2. The number of hydrogen-bond donors (Lipinski definition) is 1. The Morgan fingerprint density at radius 1 is 1.06 bits per heavy atom. The van der Waals surface area contributed by atoms with Crippen molar-refractivity contribution in [3.8, 4) is 0 Å². The number of thioether (sulfide) groups is 1. The van der Waals surface area contributed by atoms with Crippen LogP contribution in [0.2, 0.25) is 0 Å². The zero-order chi connectivity index (χ0) is 24.3. The van der Waals surface area contributed by atoms with Gasteiger partial charge in [0.05, 0.1) is 33.5 Å². The van der Waals surface area contributed by atoms with Crippen LogP contribution in [-0.2, 0) is 14.4 Å². The second-order valence-electron chi connectivity index (χ2n) is 9.11. The molecule has 1 N–H and O–H groups in total. The van der Waals surface area contributed by atoms with Crippen molar-refractivity contribution in [3.63, 3.8) is 0 Å². The lowest BCUT2D eigenvalue weighted by atomic mass is 9.85. The number of imide groups is 1. The van der Waals surface area contributed by atoms with Gasteiger partial charge in [-0.2, -0.15) is 0 Å². The molecule has 3 aliphatic rings. The van der Waals surface area contributed by atoms with Crippen molar-refractivity contribution in [3.05, 3.63) is 60.2 Å². The molecule has 0 radical (unpaired) electrons. The summed E-state index contributed by atoms with van der Waals surface area (Å²) in [6, 6.07) is 12.2. The molecule has 4 atom stereocenters. The molecule has 3 aromatic rings. The summed E-state index contributed by atoms with van der Waals surface area (Å²) >= 11 is 2.76. The molecule has 35 heavy (non-hydrogen) atoms. The highest BCUT2D eigenvalue weighted by Crippen LogP contribution is 2.53. The third-order valence-corrected chi connectivity index (χ3v) is 9.14. The molecule has 0 spiro atoms. The van der Waals surface area contributed by atoms with E-state index in [1.54, 1.807) is 30.3 Å². The minimum atomic E-state index is -0.224. The number of thiazole rings is 1. The van der Waals surface area contributed by atoms with E-state index in [0.29, 0.717) is 16.9 Å². The summed E-state index contributed by atoms with van der Waals surface area (Å²) in [7, 11) is 0. The fourth-order valence-corrected chi connectivity index (χ4v) is 7.26. The largest absolute Gasteiger partial charge is 0.325 e. The van der Waals surface area contributed by atoms with E-state index in [1.807, 2.05) is 12.1 Å². The molecule has 1 aliphatic heterocycles. The summed E-state index contributed by atoms with van der Waals surface area (Å²) in [6.45, 7) is 1.50. The van der Waals surface area contributed by atoms with E-state index in [2.05, 4.69) is 22.5 Å². The van der Waals surface area contributed by atoms with Gasteiger partial charge in [-0.1, -0.05) is 23.9 Å². The van der Waals surface area contributed by atoms with Crippen molar-refractivity contribution in [2.24, 2.45) is 23.7 Å². The first kappa shape index (κ1) is 22.2. The summed E-state index contributed by atoms with van der Waals surface area (Å²) in [5.74, 6) is -0.290. The van der Waals surface area contributed by atoms with E-state index in [4.69, 9.17) is 0 Å². The van der Waals surface area contributed by atoms with Crippen molar-refractivity contribution >= 4 is 68.2 Å². The van der Waals surface area contributed by atoms with Crippen LogP contribution in [0.3, 0.4) is 0 Å². The molecule has 2 heterocycles. The van der Waals surface area contributed by atoms with Crippen molar-refractivity contribution in [2.45, 2.75) is 17.7 Å². The van der Waals surface area contributed by atoms with Crippen LogP contribution < -0.4 is 10.2 Å². The van der Waals surface area contributed by atoms with E-state index in [0.717, 1.165) is 21.0 Å². The third kappa shape index (κ3) is 3.79. The van der Waals surface area contributed by atoms with Gasteiger partial charge in [-0.15, -0.1) is 11.3 Å². The van der Waals surface area contributed by atoms with Crippen molar-refractivity contribution in [1.29, 1.82) is 0 Å². The van der Waals surface area contributed by atoms with E-state index in [1.165, 1.54) is 34.9 Å². The summed E-state index contributed by atoms with van der Waals surface area (Å²) in [6.07, 6.45) is 5.09. The number of aromatic nitrogens is 1. The van der Waals surface area contributed by atoms with Crippen molar-refractivity contribution < 1.29 is 19.2 Å². The lowest BCUT2D eigenvalue weighted by Crippen LogP contribution is -2.32. The Labute approximate surface area is 209 Å². The Hall–Kier alpha value is -3.30. The lowest BCUT2D eigenvalue weighted by Gasteiger charge is -2.17. The number of allylic oxidation sites excluding steroid dienone is 2. The molecule has 3 amide bonds. The number of hydrogen-bond acceptors (Lipinski definition) is 7. The normalized spacial score (nSPS) is 24.4. The standard InChI is InChI=1S/C26H21N3O4S2/c1-13(30)14-4-6-17(7-5-14)27-21(31)12-34-26-28-19-9-8-18(11-20(19)35-26)29-24(32)22-15-2-3-16(10-15)23(22)25(29)33/h2-9,11,15-16,22-23H,10,12H2,1H3,(H,27,31)/t15-,16-,22+,23+/m0/s1. The zero-order valence-electron chi connectivity index (χ0n) is 18.8. The first-order valence-electron chi connectivity index (χ1n) is 11.4. The van der Waals surface area contributed by atoms with Gasteiger partial charge in [0.1, 0.15) is 0 Å². The average molecular weight is 504 g/mol. The predicted molar refractivity (Wildman–Crippen MR) is 136 cm³/mol. The Morgan fingerprint density at radius 3 is 2.40 bits per heavy atom. The van der Waals surface area contributed by atoms with Crippen LogP contribution in [0.5, 0.6) is 0 Å². The van der Waals surface area contributed by atoms with Gasteiger partial charge in [-0.3, -0.25) is 19.2 Å². The summed E-state index contributed by atoms with van der Waals surface area (Å²) in [5, 5.41) is 2.82. The highest BCUT2D eigenvalue weighted by Gasteiger charge is 2.59. The molecule has 2 aliphatic carbocycles. The lowest BCUT2D eigenvalue weighted by molar-refractivity contribution is -0.123. The molecule has 1 saturated heterocycles. The third-order valence-electron chi connectivity index (χ3n) is 6.98. The van der Waals surface area contributed by atoms with Crippen LogP contribution in [0.25, 0.3) is 10.2 Å². The predicted octanol–water partition coefficient (Wildman–Crippen LogP) is 4.54. The number of anilines is 2. The van der Waals surface area contributed by atoms with Crippen LogP contribution in [-0.4, -0.2) is 34.2 Å². The maximum atomic E-state index is 13.1. The molecule has 7 nitrogen and oxygen atoms in total. The first-order chi connectivity index (χ1) is 16.9. The summed E-state index contributed by atoms with van der Waals surface area (Å²) in [5.41, 5.74) is 2.58. The van der Waals surface area contributed by atoms with Gasteiger partial charge < -0.3 is 5.32 Å². The monoisotopic (exact) mass is 503 g/mol. The molecule has 9 heteroatoms. The number of ketones is 1. The molecule has 2 fully saturated rings. The van der Waals surface area contributed by atoms with Gasteiger partial charge in [-0.25, -0.2) is 9.88 Å². The maximum Gasteiger partial charge on any atom is 0.238 e. The van der Waals surface area contributed by atoms with Gasteiger partial charge in [0.2, 0.25) is 17.7 Å². The Kier molecular flexibility index (Phi) is 5.34. The molecule has 176 valence electrons. The Bertz CT molecular complexity index is 1400. The van der Waals surface area contributed by atoms with Crippen LogP contribution in [0.15, 0.2) is 59.0 Å². The fourth-order valence-electron chi connectivity index (χ4n) is 5.36. The Morgan fingerprint density at radius 2 is 1.74 bits per heavy atom. The van der Waals surface area contributed by atoms with Gasteiger partial charge in [0, 0.05) is 11.3 Å². The smallest absolute Gasteiger partial charge is 0.238 e. The van der Waals surface area contributed by atoms with Crippen LogP contribution in [0, 0.1) is 23.7 Å². The fraction of sp³-hybridized carbons (Fsp3) is 0.269. The zero-order valence-corrected chi connectivity index (χ0v) is 20.4. The van der Waals surface area contributed by atoms with Gasteiger partial charge in [0.25, 0.3) is 0 Å². The van der Waals surface area contributed by atoms with E-state index in [-0.39, 0.29) is 52.9 Å². The van der Waals surface area contributed by atoms with E-state index in [9.17, 15) is 19.2 Å². The van der Waals surface area contributed by atoms with Gasteiger partial charge in [0.15, 0.2) is 10.1 Å². The molecule has 1 saturated carbocycles. The molecule has 0 unspecified atom stereocenters. The quantitative estimate of drug-likeness (QED) is 0.230. The van der Waals surface area contributed by atoms with E-state index >= 15 is 0 Å². The van der Waals surface area contributed by atoms with Gasteiger partial charge in [-0.05, 0) is 67.6 Å². The van der Waals surface area contributed by atoms with Crippen molar-refractivity contribution in [1.82, 2.24) is 4.98 Å². The number of Topliss-reactive ketones (excluding diaryl/α,β-unsaturated/α-hetero) is 1. The highest BCUT2D eigenvalue weighted by molar-refractivity contribution is 8.01. The topological polar surface area (TPSA) is 96.4 Å². The second-order valence-corrected chi connectivity index (χ2v) is 11.4. The second kappa shape index (κ2) is 8.42. The maximum absolute atomic E-state index is 13.1. The number of rotatable bonds is 6. The number of carbonyl (C=O) groups is 4. The molecule has 2 bridgehead atoms. The number of nitrogens with one attached hydrogen (secondary N) is 1. The Balaban J connectivity index is 1.13. The van der Waals surface area contributed by atoms with E-state index < -0.39 is 0 Å². The molecular formula is C26H21N3O4S2. The number of nitrogens with zero attached hydrogens (tertiary/aromatic N) is 2. The molecule has 2 aromatic carbocycles. The molecule has 1 aromatic heterocycles. The van der Waals surface area contributed by atoms with Gasteiger partial charge >= 0.3 is 0 Å². The summed E-state index contributed by atoms with van der Waals surface area (Å²) < 4.78 is 1.60. The van der Waals surface area contributed by atoms with Crippen LogP contribution in [0.1, 0.15) is 23.7 Å². The van der Waals surface area contributed by atoms with Crippen LogP contribution >= 0.6 is 23.1 Å². The highest BCUT2D eigenvalue weighted by atomic mass is 32.2. The number of carbonyl (C=O) groups excluding carboxylic acids is 4. The minimum absolute atomic E-state index is 0.0251. The minimum Gasteiger partial charge on any atom is -0.325 e.